The summed E-state index contributed by atoms with van der Waals surface area (Å²) in [4.78, 5) is 14.2. The van der Waals surface area contributed by atoms with E-state index >= 15 is 0 Å². The topological polar surface area (TPSA) is 51.9 Å². The zero-order chi connectivity index (χ0) is 21.5. The van der Waals surface area contributed by atoms with Gasteiger partial charge in [-0.2, -0.15) is 0 Å². The summed E-state index contributed by atoms with van der Waals surface area (Å²) in [6, 6.07) is 17.6. The second-order valence-corrected chi connectivity index (χ2v) is 8.11. The van der Waals surface area contributed by atoms with Crippen molar-refractivity contribution in [3.8, 4) is 22.6 Å². The largest absolute Gasteiger partial charge is 0.497 e. The highest BCUT2D eigenvalue weighted by Gasteiger charge is 2.24. The molecule has 0 saturated carbocycles. The molecular weight excluding hydrogens is 465 g/mol. The van der Waals surface area contributed by atoms with E-state index in [0.717, 1.165) is 22.3 Å². The summed E-state index contributed by atoms with van der Waals surface area (Å²) in [5, 5.41) is 0.783. The fraction of sp³-hybridized carbons (Fsp3) is 0.125. The number of anilines is 1. The Morgan fingerprint density at radius 2 is 1.87 bits per heavy atom. The zero-order valence-electron chi connectivity index (χ0n) is 16.5. The van der Waals surface area contributed by atoms with Gasteiger partial charge in [0.05, 0.1) is 24.9 Å². The molecule has 1 aliphatic heterocycles. The Balaban J connectivity index is 1.63. The third-order valence-electron chi connectivity index (χ3n) is 5.35. The third kappa shape index (κ3) is 3.55. The molecule has 0 fully saturated rings. The van der Waals surface area contributed by atoms with E-state index in [9.17, 15) is 9.18 Å². The Morgan fingerprint density at radius 1 is 1.06 bits per heavy atom. The van der Waals surface area contributed by atoms with Crippen LogP contribution in [0.2, 0.25) is 0 Å². The molecule has 1 aliphatic rings. The second-order valence-electron chi connectivity index (χ2n) is 7.19. The molecule has 0 amide bonds. The summed E-state index contributed by atoms with van der Waals surface area (Å²) in [6.07, 6.45) is 0. The standard InChI is InChI=1S/C24H17BrFNO4/c1-29-16-5-2-14(3-6-16)18-11-23(28)31-24-17(18)7-9-22-19(24)12-27(13-30-22)21-8-4-15(25)10-20(21)26/h2-11H,12-13H2,1H3. The van der Waals surface area contributed by atoms with Crippen LogP contribution in [0, 0.1) is 5.82 Å². The lowest BCUT2D eigenvalue weighted by Crippen LogP contribution is -2.32. The number of benzene rings is 3. The molecule has 1 aromatic heterocycles. The van der Waals surface area contributed by atoms with Crippen LogP contribution < -0.4 is 20.0 Å². The Hall–Kier alpha value is -3.32. The van der Waals surface area contributed by atoms with Crippen molar-refractivity contribution < 1.29 is 18.3 Å². The van der Waals surface area contributed by atoms with Crippen molar-refractivity contribution in [2.24, 2.45) is 0 Å². The molecule has 0 spiro atoms. The van der Waals surface area contributed by atoms with Crippen LogP contribution in [0.25, 0.3) is 22.1 Å². The normalized spacial score (nSPS) is 13.1. The first-order chi connectivity index (χ1) is 15.0. The molecule has 7 heteroatoms. The van der Waals surface area contributed by atoms with Gasteiger partial charge in [-0.1, -0.05) is 28.1 Å². The minimum absolute atomic E-state index is 0.194. The van der Waals surface area contributed by atoms with Crippen LogP contribution in [-0.2, 0) is 6.54 Å². The molecule has 5 rings (SSSR count). The molecule has 0 atom stereocenters. The van der Waals surface area contributed by atoms with Crippen LogP contribution in [0.3, 0.4) is 0 Å². The van der Waals surface area contributed by atoms with E-state index in [2.05, 4.69) is 15.9 Å². The van der Waals surface area contributed by atoms with Gasteiger partial charge >= 0.3 is 5.63 Å². The van der Waals surface area contributed by atoms with E-state index in [1.54, 1.807) is 24.1 Å². The zero-order valence-corrected chi connectivity index (χ0v) is 18.1. The molecule has 3 aromatic carbocycles. The van der Waals surface area contributed by atoms with Crippen molar-refractivity contribution in [2.45, 2.75) is 6.54 Å². The lowest BCUT2D eigenvalue weighted by atomic mass is 9.99. The average Bonchev–Trinajstić information content (AvgIpc) is 2.78. The molecule has 0 bridgehead atoms. The summed E-state index contributed by atoms with van der Waals surface area (Å²) in [7, 11) is 1.61. The van der Waals surface area contributed by atoms with Gasteiger partial charge in [0.1, 0.15) is 22.9 Å². The highest BCUT2D eigenvalue weighted by atomic mass is 79.9. The van der Waals surface area contributed by atoms with Gasteiger partial charge in [0, 0.05) is 15.9 Å². The Labute approximate surface area is 185 Å². The van der Waals surface area contributed by atoms with Gasteiger partial charge < -0.3 is 18.8 Å². The fourth-order valence-corrected chi connectivity index (χ4v) is 4.17. The molecule has 0 aliphatic carbocycles. The second kappa shape index (κ2) is 7.74. The van der Waals surface area contributed by atoms with Crippen molar-refractivity contribution in [3.05, 3.63) is 86.9 Å². The number of fused-ring (bicyclic) bond motifs is 3. The van der Waals surface area contributed by atoms with Crippen molar-refractivity contribution in [2.75, 3.05) is 18.7 Å². The quantitative estimate of drug-likeness (QED) is 0.350. The Morgan fingerprint density at radius 3 is 2.61 bits per heavy atom. The molecule has 31 heavy (non-hydrogen) atoms. The van der Waals surface area contributed by atoms with E-state index in [4.69, 9.17) is 13.9 Å². The van der Waals surface area contributed by atoms with Gasteiger partial charge in [-0.15, -0.1) is 0 Å². The maximum atomic E-state index is 14.5. The van der Waals surface area contributed by atoms with Crippen LogP contribution in [-0.4, -0.2) is 13.8 Å². The first-order valence-corrected chi connectivity index (χ1v) is 10.4. The smallest absolute Gasteiger partial charge is 0.336 e. The summed E-state index contributed by atoms with van der Waals surface area (Å²) in [5.74, 6) is 0.993. The van der Waals surface area contributed by atoms with E-state index < -0.39 is 5.63 Å². The van der Waals surface area contributed by atoms with E-state index in [1.165, 1.54) is 12.1 Å². The average molecular weight is 482 g/mol. The molecule has 0 radical (unpaired) electrons. The number of ether oxygens (including phenoxy) is 2. The van der Waals surface area contributed by atoms with Crippen molar-refractivity contribution in [1.29, 1.82) is 0 Å². The van der Waals surface area contributed by atoms with Crippen LogP contribution in [0.4, 0.5) is 10.1 Å². The third-order valence-corrected chi connectivity index (χ3v) is 5.84. The summed E-state index contributed by atoms with van der Waals surface area (Å²) < 4.78 is 31.9. The minimum atomic E-state index is -0.460. The fourth-order valence-electron chi connectivity index (χ4n) is 3.83. The van der Waals surface area contributed by atoms with Crippen molar-refractivity contribution in [1.82, 2.24) is 0 Å². The number of hydrogen-bond acceptors (Lipinski definition) is 5. The molecule has 0 N–H and O–H groups in total. The number of halogens is 2. The van der Waals surface area contributed by atoms with Gasteiger partial charge in [0.15, 0.2) is 6.73 Å². The van der Waals surface area contributed by atoms with Crippen LogP contribution in [0.5, 0.6) is 11.5 Å². The van der Waals surface area contributed by atoms with E-state index in [1.807, 2.05) is 36.4 Å². The van der Waals surface area contributed by atoms with Crippen molar-refractivity contribution in [3.63, 3.8) is 0 Å². The minimum Gasteiger partial charge on any atom is -0.497 e. The molecule has 5 nitrogen and oxygen atoms in total. The Bertz CT molecular complexity index is 1350. The molecular formula is C24H17BrFNO4. The molecule has 4 aromatic rings. The van der Waals surface area contributed by atoms with Gasteiger partial charge in [0.2, 0.25) is 0 Å². The first kappa shape index (κ1) is 19.6. The first-order valence-electron chi connectivity index (χ1n) is 9.60. The summed E-state index contributed by atoms with van der Waals surface area (Å²) >= 11 is 3.28. The highest BCUT2D eigenvalue weighted by molar-refractivity contribution is 9.10. The molecule has 0 saturated heterocycles. The molecule has 0 unspecified atom stereocenters. The van der Waals surface area contributed by atoms with Crippen molar-refractivity contribution >= 4 is 32.6 Å². The van der Waals surface area contributed by atoms with Crippen LogP contribution in [0.1, 0.15) is 5.56 Å². The number of nitrogens with zero attached hydrogens (tertiary/aromatic N) is 1. The number of methoxy groups -OCH3 is 1. The lowest BCUT2D eigenvalue weighted by molar-refractivity contribution is 0.287. The van der Waals surface area contributed by atoms with Gasteiger partial charge in [0.25, 0.3) is 0 Å². The molecule has 156 valence electrons. The summed E-state index contributed by atoms with van der Waals surface area (Å²) in [6.45, 7) is 0.541. The van der Waals surface area contributed by atoms with E-state index in [0.29, 0.717) is 33.6 Å². The maximum absolute atomic E-state index is 14.5. The summed E-state index contributed by atoms with van der Waals surface area (Å²) in [5.41, 5.74) is 2.73. The predicted octanol–water partition coefficient (Wildman–Crippen LogP) is 5.73. The highest BCUT2D eigenvalue weighted by Crippen LogP contribution is 2.38. The van der Waals surface area contributed by atoms with E-state index in [-0.39, 0.29) is 12.5 Å². The van der Waals surface area contributed by atoms with Crippen LogP contribution in [0.15, 0.2) is 74.3 Å². The Kier molecular flexibility index (Phi) is 4.90. The van der Waals surface area contributed by atoms with Gasteiger partial charge in [-0.05, 0) is 53.6 Å². The predicted molar refractivity (Wildman–Crippen MR) is 120 cm³/mol. The SMILES string of the molecule is COc1ccc(-c2cc(=O)oc3c4c(ccc23)OCN(c2ccc(Br)cc2F)C4)cc1. The van der Waals surface area contributed by atoms with Crippen LogP contribution >= 0.6 is 15.9 Å². The maximum Gasteiger partial charge on any atom is 0.336 e. The van der Waals surface area contributed by atoms with Gasteiger partial charge in [-0.3, -0.25) is 0 Å². The number of rotatable bonds is 3. The lowest BCUT2D eigenvalue weighted by Gasteiger charge is -2.31. The molecule has 2 heterocycles. The van der Waals surface area contributed by atoms with Gasteiger partial charge in [-0.25, -0.2) is 9.18 Å². The monoisotopic (exact) mass is 481 g/mol. The number of hydrogen-bond donors (Lipinski definition) is 0.